The van der Waals surface area contributed by atoms with Crippen molar-refractivity contribution in [2.24, 2.45) is 0 Å². The largest absolute Gasteiger partial charge is 0.435 e. The number of halogens is 3. The van der Waals surface area contributed by atoms with E-state index < -0.39 is 11.9 Å². The second-order valence-corrected chi connectivity index (χ2v) is 2.48. The van der Waals surface area contributed by atoms with Gasteiger partial charge < -0.3 is 0 Å². The molecule has 0 aliphatic rings. The van der Waals surface area contributed by atoms with Gasteiger partial charge in [0.25, 0.3) is 0 Å². The predicted molar refractivity (Wildman–Crippen MR) is 49.0 cm³/mol. The van der Waals surface area contributed by atoms with Crippen LogP contribution in [-0.2, 0) is 12.7 Å². The Morgan fingerprint density at radius 1 is 1.36 bits per heavy atom. The molecule has 1 heterocycles. The maximum Gasteiger partial charge on any atom is 0.435 e. The van der Waals surface area contributed by atoms with Gasteiger partial charge in [0, 0.05) is 12.2 Å². The van der Waals surface area contributed by atoms with Crippen LogP contribution in [0, 0.1) is 6.92 Å². The van der Waals surface area contributed by atoms with Crippen molar-refractivity contribution in [3.8, 4) is 0 Å². The molecule has 0 fully saturated rings. The number of nitrogens with zero attached hydrogens (tertiary/aromatic N) is 2. The number of alkyl halides is 3. The first-order valence-corrected chi connectivity index (χ1v) is 4.56. The molecular formula is C9H15F3N2. The van der Waals surface area contributed by atoms with Crippen molar-refractivity contribution in [2.75, 3.05) is 0 Å². The summed E-state index contributed by atoms with van der Waals surface area (Å²) in [5.41, 5.74) is -0.285. The van der Waals surface area contributed by atoms with Gasteiger partial charge >= 0.3 is 6.18 Å². The molecular weight excluding hydrogens is 193 g/mol. The van der Waals surface area contributed by atoms with Gasteiger partial charge in [0.1, 0.15) is 0 Å². The van der Waals surface area contributed by atoms with E-state index in [1.165, 1.54) is 4.68 Å². The van der Waals surface area contributed by atoms with Gasteiger partial charge in [-0.2, -0.15) is 18.3 Å². The average molecular weight is 208 g/mol. The Bertz CT molecular complexity index is 276. The molecule has 0 atom stereocenters. The van der Waals surface area contributed by atoms with E-state index in [1.54, 1.807) is 13.8 Å². The highest BCUT2D eigenvalue weighted by atomic mass is 19.4. The molecule has 0 radical (unpaired) electrons. The fourth-order valence-corrected chi connectivity index (χ4v) is 0.969. The van der Waals surface area contributed by atoms with E-state index in [1.807, 2.05) is 13.8 Å². The lowest BCUT2D eigenvalue weighted by Crippen LogP contribution is -2.07. The van der Waals surface area contributed by atoms with Crippen LogP contribution in [0.2, 0.25) is 0 Å². The number of rotatable bonds is 1. The Labute approximate surface area is 81.7 Å². The summed E-state index contributed by atoms with van der Waals surface area (Å²) in [6, 6.07) is 1.05. The van der Waals surface area contributed by atoms with Gasteiger partial charge in [-0.3, -0.25) is 4.68 Å². The van der Waals surface area contributed by atoms with Crippen LogP contribution < -0.4 is 0 Å². The quantitative estimate of drug-likeness (QED) is 0.692. The molecule has 1 aromatic rings. The van der Waals surface area contributed by atoms with E-state index in [-0.39, 0.29) is 0 Å². The van der Waals surface area contributed by atoms with E-state index in [0.29, 0.717) is 12.2 Å². The second kappa shape index (κ2) is 5.02. The minimum absolute atomic E-state index is 0.460. The second-order valence-electron chi connectivity index (χ2n) is 2.48. The van der Waals surface area contributed by atoms with Crippen molar-refractivity contribution < 1.29 is 13.2 Å². The average Bonchev–Trinajstić information content (AvgIpc) is 2.49. The summed E-state index contributed by atoms with van der Waals surface area (Å²) in [7, 11) is 0. The van der Waals surface area contributed by atoms with E-state index in [2.05, 4.69) is 5.10 Å². The van der Waals surface area contributed by atoms with Crippen LogP contribution in [-0.4, -0.2) is 9.78 Å². The van der Waals surface area contributed by atoms with Crippen molar-refractivity contribution in [1.29, 1.82) is 0 Å². The van der Waals surface area contributed by atoms with Crippen LogP contribution in [0.4, 0.5) is 13.2 Å². The SMILES string of the molecule is CC.CCn1nc(C(F)(F)F)cc1C. The molecule has 0 saturated carbocycles. The molecule has 0 aliphatic carbocycles. The smallest absolute Gasteiger partial charge is 0.270 e. The zero-order chi connectivity index (χ0) is 11.4. The van der Waals surface area contributed by atoms with Crippen LogP contribution in [0.3, 0.4) is 0 Å². The van der Waals surface area contributed by atoms with E-state index in [0.717, 1.165) is 6.07 Å². The summed E-state index contributed by atoms with van der Waals surface area (Å²) in [5, 5.41) is 3.39. The van der Waals surface area contributed by atoms with Gasteiger partial charge in [0.2, 0.25) is 0 Å². The van der Waals surface area contributed by atoms with Gasteiger partial charge in [-0.1, -0.05) is 13.8 Å². The van der Waals surface area contributed by atoms with Crippen LogP contribution in [0.1, 0.15) is 32.2 Å². The maximum atomic E-state index is 12.0. The van der Waals surface area contributed by atoms with Gasteiger partial charge in [0.15, 0.2) is 5.69 Å². The first-order chi connectivity index (χ1) is 6.45. The molecule has 0 bridgehead atoms. The first kappa shape index (κ1) is 13.0. The van der Waals surface area contributed by atoms with Gasteiger partial charge in [-0.05, 0) is 19.9 Å². The third-order valence-electron chi connectivity index (χ3n) is 1.57. The topological polar surface area (TPSA) is 17.8 Å². The van der Waals surface area contributed by atoms with Crippen molar-refractivity contribution in [3.63, 3.8) is 0 Å². The lowest BCUT2D eigenvalue weighted by Gasteiger charge is -2.00. The van der Waals surface area contributed by atoms with Gasteiger partial charge in [0.05, 0.1) is 0 Å². The summed E-state index contributed by atoms with van der Waals surface area (Å²) >= 11 is 0. The summed E-state index contributed by atoms with van der Waals surface area (Å²) in [6.45, 7) is 7.81. The number of aryl methyl sites for hydroxylation is 2. The molecule has 82 valence electrons. The van der Waals surface area contributed by atoms with Crippen LogP contribution in [0.5, 0.6) is 0 Å². The number of hydrogen-bond acceptors (Lipinski definition) is 1. The van der Waals surface area contributed by atoms with E-state index in [4.69, 9.17) is 0 Å². The molecule has 0 saturated heterocycles. The number of hydrogen-bond donors (Lipinski definition) is 0. The first-order valence-electron chi connectivity index (χ1n) is 4.56. The third kappa shape index (κ3) is 3.05. The van der Waals surface area contributed by atoms with Crippen LogP contribution in [0.25, 0.3) is 0 Å². The molecule has 0 spiro atoms. The molecule has 0 unspecified atom stereocenters. The Hall–Kier alpha value is -1.00. The number of aromatic nitrogens is 2. The van der Waals surface area contributed by atoms with Crippen molar-refractivity contribution in [1.82, 2.24) is 9.78 Å². The maximum absolute atomic E-state index is 12.0. The molecule has 2 nitrogen and oxygen atoms in total. The fraction of sp³-hybridized carbons (Fsp3) is 0.667. The monoisotopic (exact) mass is 208 g/mol. The minimum Gasteiger partial charge on any atom is -0.270 e. The van der Waals surface area contributed by atoms with Crippen LogP contribution in [0.15, 0.2) is 6.07 Å². The zero-order valence-corrected chi connectivity index (χ0v) is 8.81. The van der Waals surface area contributed by atoms with E-state index in [9.17, 15) is 13.2 Å². The molecule has 0 N–H and O–H groups in total. The standard InChI is InChI=1S/C7H9F3N2.C2H6/c1-3-12-5(2)4-6(11-12)7(8,9)10;1-2/h4H,3H2,1-2H3;1-2H3. The summed E-state index contributed by atoms with van der Waals surface area (Å²) in [6.07, 6.45) is -4.33. The van der Waals surface area contributed by atoms with Crippen molar-refractivity contribution in [2.45, 2.75) is 40.4 Å². The third-order valence-corrected chi connectivity index (χ3v) is 1.57. The van der Waals surface area contributed by atoms with Crippen molar-refractivity contribution >= 4 is 0 Å². The molecule has 0 amide bonds. The lowest BCUT2D eigenvalue weighted by molar-refractivity contribution is -0.141. The molecule has 1 aromatic heterocycles. The summed E-state index contributed by atoms with van der Waals surface area (Å²) < 4.78 is 37.4. The summed E-state index contributed by atoms with van der Waals surface area (Å²) in [4.78, 5) is 0. The molecule has 0 aliphatic heterocycles. The summed E-state index contributed by atoms with van der Waals surface area (Å²) in [5.74, 6) is 0. The zero-order valence-electron chi connectivity index (χ0n) is 8.81. The van der Waals surface area contributed by atoms with Gasteiger partial charge in [-0.15, -0.1) is 0 Å². The lowest BCUT2D eigenvalue weighted by atomic mass is 10.4. The highest BCUT2D eigenvalue weighted by Crippen LogP contribution is 2.28. The van der Waals surface area contributed by atoms with Crippen molar-refractivity contribution in [3.05, 3.63) is 17.5 Å². The van der Waals surface area contributed by atoms with Crippen LogP contribution >= 0.6 is 0 Å². The normalized spacial score (nSPS) is 10.8. The Morgan fingerprint density at radius 2 is 1.86 bits per heavy atom. The predicted octanol–water partition coefficient (Wildman–Crippen LogP) is 3.26. The molecule has 5 heteroatoms. The fourth-order valence-electron chi connectivity index (χ4n) is 0.969. The molecule has 0 aromatic carbocycles. The Balaban J connectivity index is 0.000000791. The molecule has 1 rings (SSSR count). The molecule has 14 heavy (non-hydrogen) atoms. The van der Waals surface area contributed by atoms with E-state index >= 15 is 0 Å². The Kier molecular flexibility index (Phi) is 4.67. The highest BCUT2D eigenvalue weighted by Gasteiger charge is 2.34. The Morgan fingerprint density at radius 3 is 2.07 bits per heavy atom. The minimum atomic E-state index is -4.33. The van der Waals surface area contributed by atoms with Gasteiger partial charge in [-0.25, -0.2) is 0 Å². The highest BCUT2D eigenvalue weighted by molar-refractivity contribution is 5.11.